The highest BCUT2D eigenvalue weighted by Gasteiger charge is 2.18. The summed E-state index contributed by atoms with van der Waals surface area (Å²) in [6, 6.07) is 13.6. The molecule has 0 fully saturated rings. The summed E-state index contributed by atoms with van der Waals surface area (Å²) in [6.45, 7) is 4.28. The summed E-state index contributed by atoms with van der Waals surface area (Å²) in [7, 11) is 0. The standard InChI is InChI=1S/C14H10O2.C7H14/c15-14(16)10-5-6-13-11(8-10)7-9-3-1-2-4-12(9)13;1-3-5-7-6-4-2/h1-6,8H,7H2,(H,15,16);3,5H,4,6-7H2,1-2H3. The second-order valence-corrected chi connectivity index (χ2v) is 5.72. The van der Waals surface area contributed by atoms with Gasteiger partial charge in [0.1, 0.15) is 0 Å². The van der Waals surface area contributed by atoms with Gasteiger partial charge in [0.2, 0.25) is 0 Å². The SMILES string of the molecule is CC=CCCCC.O=C(O)c1ccc2c(c1)Cc1ccccc1-2. The highest BCUT2D eigenvalue weighted by atomic mass is 16.4. The van der Waals surface area contributed by atoms with Crippen molar-refractivity contribution in [3.05, 3.63) is 71.3 Å². The van der Waals surface area contributed by atoms with Gasteiger partial charge in [0.05, 0.1) is 5.56 Å². The average Bonchev–Trinajstić information content (AvgIpc) is 2.93. The van der Waals surface area contributed by atoms with E-state index in [4.69, 9.17) is 5.11 Å². The zero-order chi connectivity index (χ0) is 16.7. The third-order valence-corrected chi connectivity index (χ3v) is 4.00. The first-order valence-corrected chi connectivity index (χ1v) is 8.23. The van der Waals surface area contributed by atoms with Crippen molar-refractivity contribution in [1.29, 1.82) is 0 Å². The Bertz CT molecular complexity index is 699. The van der Waals surface area contributed by atoms with Crippen LogP contribution in [-0.2, 0) is 6.42 Å². The van der Waals surface area contributed by atoms with Crippen molar-refractivity contribution in [2.45, 2.75) is 39.5 Å². The highest BCUT2D eigenvalue weighted by molar-refractivity contribution is 5.90. The molecule has 3 rings (SSSR count). The third kappa shape index (κ3) is 4.32. The number of benzene rings is 2. The van der Waals surface area contributed by atoms with Crippen LogP contribution in [0.15, 0.2) is 54.6 Å². The molecule has 0 unspecified atom stereocenters. The first-order valence-electron chi connectivity index (χ1n) is 8.23. The summed E-state index contributed by atoms with van der Waals surface area (Å²) in [6.07, 6.45) is 9.06. The van der Waals surface area contributed by atoms with E-state index in [1.807, 2.05) is 18.2 Å². The molecule has 0 spiro atoms. The molecule has 0 bridgehead atoms. The number of fused-ring (bicyclic) bond motifs is 3. The van der Waals surface area contributed by atoms with Gasteiger partial charge in [-0.3, -0.25) is 0 Å². The number of allylic oxidation sites excluding steroid dienone is 2. The minimum absolute atomic E-state index is 0.367. The molecule has 2 aromatic rings. The monoisotopic (exact) mass is 308 g/mol. The van der Waals surface area contributed by atoms with E-state index in [0.29, 0.717) is 5.56 Å². The summed E-state index contributed by atoms with van der Waals surface area (Å²) in [5.74, 6) is -0.862. The van der Waals surface area contributed by atoms with Crippen LogP contribution in [0.4, 0.5) is 0 Å². The molecule has 1 aliphatic rings. The topological polar surface area (TPSA) is 37.3 Å². The Balaban J connectivity index is 0.000000236. The van der Waals surface area contributed by atoms with Gasteiger partial charge in [0.25, 0.3) is 0 Å². The van der Waals surface area contributed by atoms with Crippen molar-refractivity contribution in [2.24, 2.45) is 0 Å². The number of hydrogen-bond acceptors (Lipinski definition) is 1. The summed E-state index contributed by atoms with van der Waals surface area (Å²) < 4.78 is 0. The van der Waals surface area contributed by atoms with Gasteiger partial charge in [-0.15, -0.1) is 0 Å². The average molecular weight is 308 g/mol. The lowest BCUT2D eigenvalue weighted by atomic mass is 10.0. The number of carbonyl (C=O) groups is 1. The maximum Gasteiger partial charge on any atom is 0.335 e. The molecule has 0 heterocycles. The van der Waals surface area contributed by atoms with Crippen LogP contribution in [0.25, 0.3) is 11.1 Å². The molecule has 0 radical (unpaired) electrons. The first-order chi connectivity index (χ1) is 11.2. The molecule has 0 aliphatic heterocycles. The molecule has 0 saturated carbocycles. The van der Waals surface area contributed by atoms with E-state index >= 15 is 0 Å². The fourth-order valence-electron chi connectivity index (χ4n) is 2.77. The van der Waals surface area contributed by atoms with Crippen LogP contribution in [0.2, 0.25) is 0 Å². The first kappa shape index (κ1) is 17.0. The summed E-state index contributed by atoms with van der Waals surface area (Å²) in [5.41, 5.74) is 5.16. The minimum atomic E-state index is -0.862. The molecule has 2 heteroatoms. The van der Waals surface area contributed by atoms with Gasteiger partial charge in [0, 0.05) is 0 Å². The van der Waals surface area contributed by atoms with Gasteiger partial charge in [0.15, 0.2) is 0 Å². The van der Waals surface area contributed by atoms with E-state index < -0.39 is 5.97 Å². The normalized spacial score (nSPS) is 11.6. The smallest absolute Gasteiger partial charge is 0.335 e. The highest BCUT2D eigenvalue weighted by Crippen LogP contribution is 2.36. The maximum atomic E-state index is 10.9. The molecule has 2 aromatic carbocycles. The number of unbranched alkanes of at least 4 members (excludes halogenated alkanes) is 2. The van der Waals surface area contributed by atoms with Crippen molar-refractivity contribution in [2.75, 3.05) is 0 Å². The molecule has 2 nitrogen and oxygen atoms in total. The van der Waals surface area contributed by atoms with Gasteiger partial charge in [-0.05, 0) is 54.2 Å². The Hall–Kier alpha value is -2.35. The van der Waals surface area contributed by atoms with Crippen LogP contribution in [-0.4, -0.2) is 11.1 Å². The molecule has 0 atom stereocenters. The molecule has 23 heavy (non-hydrogen) atoms. The third-order valence-electron chi connectivity index (χ3n) is 4.00. The van der Waals surface area contributed by atoms with Crippen molar-refractivity contribution < 1.29 is 9.90 Å². The lowest BCUT2D eigenvalue weighted by Gasteiger charge is -2.01. The largest absolute Gasteiger partial charge is 0.478 e. The predicted octanol–water partition coefficient (Wildman–Crippen LogP) is 5.71. The lowest BCUT2D eigenvalue weighted by Crippen LogP contribution is -1.96. The van der Waals surface area contributed by atoms with Crippen molar-refractivity contribution in [3.8, 4) is 11.1 Å². The van der Waals surface area contributed by atoms with Gasteiger partial charge < -0.3 is 5.11 Å². The predicted molar refractivity (Wildman–Crippen MR) is 96.0 cm³/mol. The van der Waals surface area contributed by atoms with E-state index in [2.05, 4.69) is 38.1 Å². The van der Waals surface area contributed by atoms with E-state index in [1.54, 1.807) is 12.1 Å². The molecule has 0 aromatic heterocycles. The number of rotatable bonds is 4. The zero-order valence-corrected chi connectivity index (χ0v) is 13.9. The Morgan fingerprint density at radius 2 is 1.87 bits per heavy atom. The second-order valence-electron chi connectivity index (χ2n) is 5.72. The lowest BCUT2D eigenvalue weighted by molar-refractivity contribution is 0.0697. The fourth-order valence-corrected chi connectivity index (χ4v) is 2.77. The van der Waals surface area contributed by atoms with E-state index in [9.17, 15) is 4.79 Å². The summed E-state index contributed by atoms with van der Waals surface area (Å²) in [4.78, 5) is 10.9. The minimum Gasteiger partial charge on any atom is -0.478 e. The Morgan fingerprint density at radius 1 is 1.13 bits per heavy atom. The van der Waals surface area contributed by atoms with E-state index in [0.717, 1.165) is 12.0 Å². The second kappa shape index (κ2) is 8.33. The number of hydrogen-bond donors (Lipinski definition) is 1. The molecule has 1 aliphatic carbocycles. The Kier molecular flexibility index (Phi) is 6.16. The van der Waals surface area contributed by atoms with Crippen LogP contribution >= 0.6 is 0 Å². The number of carboxylic acid groups (broad SMARTS) is 1. The van der Waals surface area contributed by atoms with Crippen LogP contribution in [0, 0.1) is 0 Å². The maximum absolute atomic E-state index is 10.9. The zero-order valence-electron chi connectivity index (χ0n) is 13.9. The van der Waals surface area contributed by atoms with Crippen LogP contribution in [0.5, 0.6) is 0 Å². The Morgan fingerprint density at radius 3 is 2.57 bits per heavy atom. The van der Waals surface area contributed by atoms with Gasteiger partial charge in [-0.2, -0.15) is 0 Å². The quantitative estimate of drug-likeness (QED) is 0.495. The molecular weight excluding hydrogens is 284 g/mol. The van der Waals surface area contributed by atoms with Gasteiger partial charge >= 0.3 is 5.97 Å². The molecule has 0 amide bonds. The van der Waals surface area contributed by atoms with Gasteiger partial charge in [-0.25, -0.2) is 4.79 Å². The molecular formula is C21H24O2. The molecule has 120 valence electrons. The molecule has 1 N–H and O–H groups in total. The van der Waals surface area contributed by atoms with Crippen molar-refractivity contribution >= 4 is 5.97 Å². The molecule has 0 saturated heterocycles. The van der Waals surface area contributed by atoms with Crippen LogP contribution < -0.4 is 0 Å². The van der Waals surface area contributed by atoms with E-state index in [-0.39, 0.29) is 0 Å². The van der Waals surface area contributed by atoms with Crippen LogP contribution in [0.1, 0.15) is 54.6 Å². The Labute approximate surface area is 138 Å². The van der Waals surface area contributed by atoms with Crippen molar-refractivity contribution in [1.82, 2.24) is 0 Å². The van der Waals surface area contributed by atoms with Gasteiger partial charge in [-0.1, -0.05) is 62.2 Å². The summed E-state index contributed by atoms with van der Waals surface area (Å²) >= 11 is 0. The summed E-state index contributed by atoms with van der Waals surface area (Å²) in [5, 5.41) is 8.93. The number of aromatic carboxylic acids is 1. The van der Waals surface area contributed by atoms with Crippen molar-refractivity contribution in [3.63, 3.8) is 0 Å². The number of carboxylic acids is 1. The van der Waals surface area contributed by atoms with E-state index in [1.165, 1.54) is 36.0 Å². The van der Waals surface area contributed by atoms with Crippen LogP contribution in [0.3, 0.4) is 0 Å². The fraction of sp³-hybridized carbons (Fsp3) is 0.286.